The molecule has 0 aromatic heterocycles. The van der Waals surface area contributed by atoms with Gasteiger partial charge in [0.05, 0.1) is 19.1 Å². The third kappa shape index (κ3) is 3.12. The van der Waals surface area contributed by atoms with Gasteiger partial charge in [0.2, 0.25) is 5.91 Å². The smallest absolute Gasteiger partial charge is 0.312 e. The van der Waals surface area contributed by atoms with Gasteiger partial charge in [-0.15, -0.1) is 0 Å². The minimum Gasteiger partial charge on any atom is -0.469 e. The molecule has 1 fully saturated rings. The van der Waals surface area contributed by atoms with Crippen molar-refractivity contribution in [1.82, 2.24) is 4.90 Å². The van der Waals surface area contributed by atoms with Crippen molar-refractivity contribution in [2.24, 2.45) is 11.7 Å². The summed E-state index contributed by atoms with van der Waals surface area (Å²) in [7, 11) is 1.36. The average molecular weight is 262 g/mol. The van der Waals surface area contributed by atoms with Gasteiger partial charge >= 0.3 is 5.97 Å². The van der Waals surface area contributed by atoms with E-state index < -0.39 is 6.04 Å². The van der Waals surface area contributed by atoms with Crippen LogP contribution in [0.2, 0.25) is 0 Å². The number of methoxy groups -OCH3 is 1. The molecule has 1 aliphatic rings. The van der Waals surface area contributed by atoms with Gasteiger partial charge in [-0.2, -0.15) is 0 Å². The highest BCUT2D eigenvalue weighted by molar-refractivity contribution is 5.85. The molecule has 0 bridgehead atoms. The minimum absolute atomic E-state index is 0.107. The highest BCUT2D eigenvalue weighted by Gasteiger charge is 2.37. The van der Waals surface area contributed by atoms with E-state index in [-0.39, 0.29) is 17.8 Å². The van der Waals surface area contributed by atoms with Crippen molar-refractivity contribution >= 4 is 11.9 Å². The Morgan fingerprint density at radius 3 is 2.58 bits per heavy atom. The van der Waals surface area contributed by atoms with Crippen molar-refractivity contribution in [1.29, 1.82) is 0 Å². The monoisotopic (exact) mass is 262 g/mol. The molecule has 5 heteroatoms. The maximum absolute atomic E-state index is 12.0. The van der Waals surface area contributed by atoms with E-state index in [1.165, 1.54) is 7.11 Å². The Morgan fingerprint density at radius 2 is 2.00 bits per heavy atom. The van der Waals surface area contributed by atoms with Gasteiger partial charge in [0, 0.05) is 13.1 Å². The van der Waals surface area contributed by atoms with Crippen molar-refractivity contribution in [2.45, 2.75) is 12.5 Å². The van der Waals surface area contributed by atoms with E-state index in [0.717, 1.165) is 5.56 Å². The molecule has 102 valence electrons. The number of likely N-dealkylation sites (tertiary alicyclic amines) is 1. The molecule has 0 aliphatic carbocycles. The fourth-order valence-electron chi connectivity index (χ4n) is 2.16. The summed E-state index contributed by atoms with van der Waals surface area (Å²) in [6, 6.07) is 9.10. The van der Waals surface area contributed by atoms with E-state index in [1.807, 2.05) is 30.3 Å². The van der Waals surface area contributed by atoms with Crippen molar-refractivity contribution < 1.29 is 14.3 Å². The van der Waals surface area contributed by atoms with Crippen LogP contribution >= 0.6 is 0 Å². The highest BCUT2D eigenvalue weighted by atomic mass is 16.5. The van der Waals surface area contributed by atoms with Gasteiger partial charge in [-0.25, -0.2) is 0 Å². The van der Waals surface area contributed by atoms with Gasteiger partial charge in [-0.05, 0) is 12.0 Å². The van der Waals surface area contributed by atoms with Crippen LogP contribution < -0.4 is 5.73 Å². The molecule has 1 aromatic rings. The number of carbonyl (C=O) groups is 2. The van der Waals surface area contributed by atoms with Crippen molar-refractivity contribution in [3.63, 3.8) is 0 Å². The van der Waals surface area contributed by atoms with E-state index in [1.54, 1.807) is 4.90 Å². The fraction of sp³-hybridized carbons (Fsp3) is 0.429. The maximum atomic E-state index is 12.0. The molecule has 1 heterocycles. The van der Waals surface area contributed by atoms with Crippen LogP contribution in [0.4, 0.5) is 0 Å². The van der Waals surface area contributed by atoms with Crippen LogP contribution in [0.1, 0.15) is 5.56 Å². The number of nitrogens with two attached hydrogens (primary N) is 1. The summed E-state index contributed by atoms with van der Waals surface area (Å²) in [6.45, 7) is 0.821. The molecule has 2 N–H and O–H groups in total. The molecule has 1 aromatic carbocycles. The van der Waals surface area contributed by atoms with E-state index in [9.17, 15) is 9.59 Å². The minimum atomic E-state index is -0.555. The lowest BCUT2D eigenvalue weighted by molar-refractivity contribution is -0.156. The second kappa shape index (κ2) is 5.84. The van der Waals surface area contributed by atoms with Crippen molar-refractivity contribution in [3.8, 4) is 0 Å². The molecule has 0 radical (unpaired) electrons. The van der Waals surface area contributed by atoms with Gasteiger partial charge in [-0.3, -0.25) is 9.59 Å². The van der Waals surface area contributed by atoms with Crippen LogP contribution in [0.3, 0.4) is 0 Å². The van der Waals surface area contributed by atoms with Crippen LogP contribution in [0.5, 0.6) is 0 Å². The number of esters is 1. The second-order valence-electron chi connectivity index (χ2n) is 4.76. The molecule has 19 heavy (non-hydrogen) atoms. The first-order chi connectivity index (χ1) is 9.11. The fourth-order valence-corrected chi connectivity index (χ4v) is 2.16. The molecule has 0 saturated carbocycles. The quantitative estimate of drug-likeness (QED) is 0.786. The normalized spacial score (nSPS) is 16.6. The Kier molecular flexibility index (Phi) is 4.16. The SMILES string of the molecule is COC(=O)C1CN(C(=O)[C@@H](N)Cc2ccccc2)C1. The van der Waals surface area contributed by atoms with Gasteiger partial charge in [0.25, 0.3) is 0 Å². The number of hydrogen-bond donors (Lipinski definition) is 1. The molecule has 2 rings (SSSR count). The van der Waals surface area contributed by atoms with Crippen molar-refractivity contribution in [3.05, 3.63) is 35.9 Å². The summed E-state index contributed by atoms with van der Waals surface area (Å²) in [4.78, 5) is 24.9. The Balaban J connectivity index is 1.83. The number of rotatable bonds is 4. The van der Waals surface area contributed by atoms with Crippen LogP contribution in [0.25, 0.3) is 0 Å². The third-order valence-electron chi connectivity index (χ3n) is 3.34. The predicted molar refractivity (Wildman–Crippen MR) is 70.2 cm³/mol. The van der Waals surface area contributed by atoms with Crippen LogP contribution in [-0.2, 0) is 20.7 Å². The number of carbonyl (C=O) groups excluding carboxylic acids is 2. The Hall–Kier alpha value is -1.88. The summed E-state index contributed by atoms with van der Waals surface area (Å²) in [5.74, 6) is -0.567. The molecule has 5 nitrogen and oxygen atoms in total. The number of nitrogens with zero attached hydrogens (tertiary/aromatic N) is 1. The van der Waals surface area contributed by atoms with Gasteiger partial charge in [0.1, 0.15) is 0 Å². The molecule has 1 saturated heterocycles. The molecular weight excluding hydrogens is 244 g/mol. The molecule has 0 unspecified atom stereocenters. The molecular formula is C14H18N2O3. The van der Waals surface area contributed by atoms with Gasteiger partial charge in [0.15, 0.2) is 0 Å². The lowest BCUT2D eigenvalue weighted by Gasteiger charge is -2.38. The lowest BCUT2D eigenvalue weighted by atomic mass is 9.97. The standard InChI is InChI=1S/C14H18N2O3/c1-19-14(18)11-8-16(9-11)13(17)12(15)7-10-5-3-2-4-6-10/h2-6,11-12H,7-9,15H2,1H3/t12-/m0/s1. The number of ether oxygens (including phenoxy) is 1. The second-order valence-corrected chi connectivity index (χ2v) is 4.76. The Labute approximate surface area is 112 Å². The summed E-state index contributed by atoms with van der Waals surface area (Å²) in [6.07, 6.45) is 0.513. The van der Waals surface area contributed by atoms with E-state index in [0.29, 0.717) is 19.5 Å². The summed E-state index contributed by atoms with van der Waals surface area (Å²) in [5.41, 5.74) is 6.94. The first kappa shape index (κ1) is 13.5. The number of benzene rings is 1. The van der Waals surface area contributed by atoms with Crippen LogP contribution in [-0.4, -0.2) is 43.0 Å². The topological polar surface area (TPSA) is 72.6 Å². The molecule has 1 amide bonds. The molecule has 0 spiro atoms. The van der Waals surface area contributed by atoms with Crippen molar-refractivity contribution in [2.75, 3.05) is 20.2 Å². The Morgan fingerprint density at radius 1 is 1.37 bits per heavy atom. The third-order valence-corrected chi connectivity index (χ3v) is 3.34. The predicted octanol–water partition coefficient (Wildman–Crippen LogP) is 0.188. The van der Waals surface area contributed by atoms with Crippen LogP contribution in [0, 0.1) is 5.92 Å². The first-order valence-electron chi connectivity index (χ1n) is 6.28. The largest absolute Gasteiger partial charge is 0.469 e. The van der Waals surface area contributed by atoms with Gasteiger partial charge in [-0.1, -0.05) is 30.3 Å². The maximum Gasteiger partial charge on any atom is 0.312 e. The summed E-state index contributed by atoms with van der Waals surface area (Å²) < 4.78 is 4.63. The lowest BCUT2D eigenvalue weighted by Crippen LogP contribution is -2.57. The summed E-state index contributed by atoms with van der Waals surface area (Å²) >= 11 is 0. The van der Waals surface area contributed by atoms with Gasteiger partial charge < -0.3 is 15.4 Å². The summed E-state index contributed by atoms with van der Waals surface area (Å²) in [5, 5.41) is 0. The zero-order chi connectivity index (χ0) is 13.8. The molecule has 1 atom stereocenters. The zero-order valence-electron chi connectivity index (χ0n) is 10.9. The zero-order valence-corrected chi connectivity index (χ0v) is 10.9. The van der Waals surface area contributed by atoms with E-state index in [4.69, 9.17) is 5.73 Å². The number of hydrogen-bond acceptors (Lipinski definition) is 4. The van der Waals surface area contributed by atoms with E-state index in [2.05, 4.69) is 4.74 Å². The highest BCUT2D eigenvalue weighted by Crippen LogP contribution is 2.18. The average Bonchev–Trinajstić information content (AvgIpc) is 2.37. The van der Waals surface area contributed by atoms with Crippen LogP contribution in [0.15, 0.2) is 30.3 Å². The Bertz CT molecular complexity index is 455. The molecule has 1 aliphatic heterocycles. The first-order valence-corrected chi connectivity index (χ1v) is 6.28. The number of amides is 1. The van der Waals surface area contributed by atoms with E-state index >= 15 is 0 Å².